The molecule has 0 saturated carbocycles. The Morgan fingerprint density at radius 2 is 1.61 bits per heavy atom. The Morgan fingerprint density at radius 1 is 0.929 bits per heavy atom. The Hall–Kier alpha value is -3.18. The van der Waals surface area contributed by atoms with Gasteiger partial charge in [-0.25, -0.2) is 0 Å². The fourth-order valence-corrected chi connectivity index (χ4v) is 2.97. The van der Waals surface area contributed by atoms with Crippen molar-refractivity contribution in [3.63, 3.8) is 0 Å². The third kappa shape index (κ3) is 4.75. The van der Waals surface area contributed by atoms with E-state index < -0.39 is 6.04 Å². The molecule has 1 atom stereocenters. The van der Waals surface area contributed by atoms with Gasteiger partial charge in [-0.05, 0) is 44.5 Å². The SMILES string of the molecule is Cc1ccc(NC(=O)CN(C)C(C)C(=O)Nc2cccc3ccccc23)cc1. The summed E-state index contributed by atoms with van der Waals surface area (Å²) in [7, 11) is 1.77. The first-order valence-corrected chi connectivity index (χ1v) is 9.29. The van der Waals surface area contributed by atoms with E-state index in [-0.39, 0.29) is 18.4 Å². The number of rotatable bonds is 6. The molecule has 3 aromatic carbocycles. The van der Waals surface area contributed by atoms with Gasteiger partial charge in [0, 0.05) is 16.8 Å². The van der Waals surface area contributed by atoms with Crippen molar-refractivity contribution in [2.75, 3.05) is 24.2 Å². The highest BCUT2D eigenvalue weighted by molar-refractivity contribution is 6.04. The van der Waals surface area contributed by atoms with Crippen LogP contribution in [0.25, 0.3) is 10.8 Å². The standard InChI is InChI=1S/C23H25N3O2/c1-16-11-13-19(14-12-16)24-22(27)15-26(3)17(2)23(28)25-21-10-6-8-18-7-4-5-9-20(18)21/h4-14,17H,15H2,1-3H3,(H,24,27)(H,25,28). The maximum Gasteiger partial charge on any atom is 0.241 e. The first-order valence-electron chi connectivity index (χ1n) is 9.29. The molecule has 0 fully saturated rings. The molecule has 3 aromatic rings. The summed E-state index contributed by atoms with van der Waals surface area (Å²) < 4.78 is 0. The Morgan fingerprint density at radius 3 is 2.36 bits per heavy atom. The highest BCUT2D eigenvalue weighted by Crippen LogP contribution is 2.23. The van der Waals surface area contributed by atoms with Gasteiger partial charge in [0.15, 0.2) is 0 Å². The molecule has 3 rings (SSSR count). The number of anilines is 2. The lowest BCUT2D eigenvalue weighted by Crippen LogP contribution is -2.43. The second-order valence-corrected chi connectivity index (χ2v) is 7.02. The molecular weight excluding hydrogens is 350 g/mol. The molecule has 0 heterocycles. The topological polar surface area (TPSA) is 61.4 Å². The highest BCUT2D eigenvalue weighted by atomic mass is 16.2. The quantitative estimate of drug-likeness (QED) is 0.683. The van der Waals surface area contributed by atoms with Gasteiger partial charge in [0.05, 0.1) is 12.6 Å². The fraction of sp³-hybridized carbons (Fsp3) is 0.217. The van der Waals surface area contributed by atoms with Crippen LogP contribution >= 0.6 is 0 Å². The molecule has 0 saturated heterocycles. The summed E-state index contributed by atoms with van der Waals surface area (Å²) in [5.41, 5.74) is 2.65. The minimum Gasteiger partial charge on any atom is -0.325 e. The zero-order chi connectivity index (χ0) is 20.1. The van der Waals surface area contributed by atoms with Crippen molar-refractivity contribution >= 4 is 34.0 Å². The van der Waals surface area contributed by atoms with Gasteiger partial charge in [-0.15, -0.1) is 0 Å². The van der Waals surface area contributed by atoms with Crippen molar-refractivity contribution in [3.8, 4) is 0 Å². The predicted octanol–water partition coefficient (Wildman–Crippen LogP) is 4.05. The number of amides is 2. The first-order chi connectivity index (χ1) is 13.4. The summed E-state index contributed by atoms with van der Waals surface area (Å²) in [6.07, 6.45) is 0. The second kappa shape index (κ2) is 8.67. The number of nitrogens with one attached hydrogen (secondary N) is 2. The summed E-state index contributed by atoms with van der Waals surface area (Å²) in [6.45, 7) is 3.91. The van der Waals surface area contributed by atoms with Crippen LogP contribution in [0.2, 0.25) is 0 Å². The summed E-state index contributed by atoms with van der Waals surface area (Å²) in [4.78, 5) is 26.7. The van der Waals surface area contributed by atoms with Gasteiger partial charge in [0.2, 0.25) is 11.8 Å². The van der Waals surface area contributed by atoms with Gasteiger partial charge >= 0.3 is 0 Å². The van der Waals surface area contributed by atoms with Crippen LogP contribution in [0.15, 0.2) is 66.7 Å². The van der Waals surface area contributed by atoms with Crippen molar-refractivity contribution in [1.82, 2.24) is 4.90 Å². The average molecular weight is 375 g/mol. The van der Waals surface area contributed by atoms with E-state index in [2.05, 4.69) is 10.6 Å². The molecule has 0 aliphatic rings. The number of likely N-dealkylation sites (N-methyl/N-ethyl adjacent to an activating group) is 1. The molecular formula is C23H25N3O2. The number of carbonyl (C=O) groups excluding carboxylic acids is 2. The van der Waals surface area contributed by atoms with Crippen molar-refractivity contribution < 1.29 is 9.59 Å². The van der Waals surface area contributed by atoms with Crippen molar-refractivity contribution in [3.05, 3.63) is 72.3 Å². The first kappa shape index (κ1) is 19.6. The highest BCUT2D eigenvalue weighted by Gasteiger charge is 2.20. The maximum atomic E-state index is 12.7. The van der Waals surface area contributed by atoms with E-state index in [4.69, 9.17) is 0 Å². The summed E-state index contributed by atoms with van der Waals surface area (Å²) >= 11 is 0. The Balaban J connectivity index is 1.60. The molecule has 0 aliphatic heterocycles. The smallest absolute Gasteiger partial charge is 0.241 e. The molecule has 2 amide bonds. The van der Waals surface area contributed by atoms with E-state index in [9.17, 15) is 9.59 Å². The molecule has 144 valence electrons. The van der Waals surface area contributed by atoms with Crippen LogP contribution < -0.4 is 10.6 Å². The van der Waals surface area contributed by atoms with E-state index in [1.165, 1.54) is 0 Å². The molecule has 2 N–H and O–H groups in total. The van der Waals surface area contributed by atoms with E-state index in [0.29, 0.717) is 0 Å². The van der Waals surface area contributed by atoms with Crippen LogP contribution in [0.5, 0.6) is 0 Å². The average Bonchev–Trinajstić information content (AvgIpc) is 2.69. The summed E-state index contributed by atoms with van der Waals surface area (Å²) in [5.74, 6) is -0.307. The largest absolute Gasteiger partial charge is 0.325 e. The molecule has 5 heteroatoms. The molecule has 1 unspecified atom stereocenters. The molecule has 0 aromatic heterocycles. The molecule has 0 aliphatic carbocycles. The van der Waals surface area contributed by atoms with Crippen molar-refractivity contribution in [2.24, 2.45) is 0 Å². The van der Waals surface area contributed by atoms with Gasteiger partial charge in [-0.2, -0.15) is 0 Å². The third-order valence-electron chi connectivity index (χ3n) is 4.82. The van der Waals surface area contributed by atoms with Crippen LogP contribution in [0.3, 0.4) is 0 Å². The summed E-state index contributed by atoms with van der Waals surface area (Å²) in [6, 6.07) is 20.9. The number of fused-ring (bicyclic) bond motifs is 1. The van der Waals surface area contributed by atoms with Crippen molar-refractivity contribution in [1.29, 1.82) is 0 Å². The lowest BCUT2D eigenvalue weighted by molar-refractivity contribution is -0.122. The third-order valence-corrected chi connectivity index (χ3v) is 4.82. The molecule has 0 spiro atoms. The normalized spacial score (nSPS) is 12.0. The Labute approximate surface area is 165 Å². The van der Waals surface area contributed by atoms with E-state index in [0.717, 1.165) is 27.7 Å². The number of hydrogen-bond donors (Lipinski definition) is 2. The number of aryl methyl sites for hydroxylation is 1. The van der Waals surface area contributed by atoms with Gasteiger partial charge in [-0.1, -0.05) is 54.1 Å². The van der Waals surface area contributed by atoms with Gasteiger partial charge in [-0.3, -0.25) is 14.5 Å². The van der Waals surface area contributed by atoms with Gasteiger partial charge < -0.3 is 10.6 Å². The van der Waals surface area contributed by atoms with E-state index in [1.54, 1.807) is 18.9 Å². The number of hydrogen-bond acceptors (Lipinski definition) is 3. The maximum absolute atomic E-state index is 12.7. The number of carbonyl (C=O) groups is 2. The minimum atomic E-state index is -0.456. The zero-order valence-corrected chi connectivity index (χ0v) is 16.4. The second-order valence-electron chi connectivity index (χ2n) is 7.02. The van der Waals surface area contributed by atoms with Gasteiger partial charge in [0.1, 0.15) is 0 Å². The summed E-state index contributed by atoms with van der Waals surface area (Å²) in [5, 5.41) is 7.90. The molecule has 0 bridgehead atoms. The van der Waals surface area contributed by atoms with Crippen LogP contribution in [-0.2, 0) is 9.59 Å². The molecule has 0 radical (unpaired) electrons. The number of benzene rings is 3. The zero-order valence-electron chi connectivity index (χ0n) is 16.4. The molecule has 5 nitrogen and oxygen atoms in total. The lowest BCUT2D eigenvalue weighted by Gasteiger charge is -2.23. The fourth-order valence-electron chi connectivity index (χ4n) is 2.97. The Bertz CT molecular complexity index is 977. The van der Waals surface area contributed by atoms with Crippen LogP contribution in [0.4, 0.5) is 11.4 Å². The van der Waals surface area contributed by atoms with E-state index >= 15 is 0 Å². The van der Waals surface area contributed by atoms with Crippen LogP contribution in [-0.4, -0.2) is 36.3 Å². The van der Waals surface area contributed by atoms with E-state index in [1.807, 2.05) is 73.7 Å². The van der Waals surface area contributed by atoms with Gasteiger partial charge in [0.25, 0.3) is 0 Å². The monoisotopic (exact) mass is 375 g/mol. The Kier molecular flexibility index (Phi) is 6.06. The minimum absolute atomic E-state index is 0.123. The predicted molar refractivity (Wildman–Crippen MR) is 114 cm³/mol. The number of nitrogens with zero attached hydrogens (tertiary/aromatic N) is 1. The molecule has 28 heavy (non-hydrogen) atoms. The van der Waals surface area contributed by atoms with Crippen molar-refractivity contribution in [2.45, 2.75) is 19.9 Å². The van der Waals surface area contributed by atoms with Crippen LogP contribution in [0.1, 0.15) is 12.5 Å². The van der Waals surface area contributed by atoms with Crippen LogP contribution in [0, 0.1) is 6.92 Å². The lowest BCUT2D eigenvalue weighted by atomic mass is 10.1.